The van der Waals surface area contributed by atoms with Gasteiger partial charge < -0.3 is 16.0 Å². The fraction of sp³-hybridized carbons (Fsp3) is 0.333. The highest BCUT2D eigenvalue weighted by Crippen LogP contribution is 2.04. The number of nitrogens with one attached hydrogen (secondary N) is 3. The van der Waals surface area contributed by atoms with Crippen molar-refractivity contribution in [2.45, 2.75) is 25.8 Å². The fourth-order valence-corrected chi connectivity index (χ4v) is 1.65. The van der Waals surface area contributed by atoms with Crippen molar-refractivity contribution in [2.24, 2.45) is 0 Å². The van der Waals surface area contributed by atoms with Gasteiger partial charge in [-0.3, -0.25) is 4.79 Å². The summed E-state index contributed by atoms with van der Waals surface area (Å²) in [4.78, 5) is 23.2. The van der Waals surface area contributed by atoms with E-state index in [1.54, 1.807) is 18.2 Å². The minimum Gasteiger partial charge on any atom is -0.335 e. The first-order valence-corrected chi connectivity index (χ1v) is 6.65. The van der Waals surface area contributed by atoms with Gasteiger partial charge in [0.05, 0.1) is 6.54 Å². The number of urea groups is 1. The van der Waals surface area contributed by atoms with Crippen molar-refractivity contribution in [1.29, 1.82) is 0 Å². The van der Waals surface area contributed by atoms with E-state index in [1.165, 1.54) is 0 Å². The Labute approximate surface area is 119 Å². The van der Waals surface area contributed by atoms with Gasteiger partial charge >= 0.3 is 6.03 Å². The molecule has 1 aromatic rings. The summed E-state index contributed by atoms with van der Waals surface area (Å²) in [5.41, 5.74) is 0.706. The van der Waals surface area contributed by atoms with Crippen molar-refractivity contribution in [1.82, 2.24) is 10.6 Å². The molecule has 3 amide bonds. The quantitative estimate of drug-likeness (QED) is 0.668. The summed E-state index contributed by atoms with van der Waals surface area (Å²) in [6.07, 6.45) is 3.28. The van der Waals surface area contributed by atoms with Gasteiger partial charge in [-0.05, 0) is 25.0 Å². The second-order valence-electron chi connectivity index (χ2n) is 4.37. The number of hydrogen-bond acceptors (Lipinski definition) is 2. The number of rotatable bonds is 7. The predicted octanol–water partition coefficient (Wildman–Crippen LogP) is 2.28. The Hall–Kier alpha value is -2.30. The van der Waals surface area contributed by atoms with Gasteiger partial charge in [0.1, 0.15) is 0 Å². The van der Waals surface area contributed by atoms with Gasteiger partial charge in [0.2, 0.25) is 5.91 Å². The first-order valence-electron chi connectivity index (χ1n) is 6.65. The summed E-state index contributed by atoms with van der Waals surface area (Å²) in [6.45, 7) is 5.56. The molecule has 1 rings (SSSR count). The van der Waals surface area contributed by atoms with E-state index >= 15 is 0 Å². The molecule has 5 heteroatoms. The third-order valence-corrected chi connectivity index (χ3v) is 2.75. The van der Waals surface area contributed by atoms with Gasteiger partial charge in [-0.2, -0.15) is 0 Å². The molecule has 1 aromatic carbocycles. The van der Waals surface area contributed by atoms with Crippen LogP contribution in [0.25, 0.3) is 0 Å². The Morgan fingerprint density at radius 3 is 2.60 bits per heavy atom. The second kappa shape index (κ2) is 8.74. The number of para-hydroxylation sites is 1. The largest absolute Gasteiger partial charge is 0.335 e. The Morgan fingerprint density at radius 2 is 2.00 bits per heavy atom. The number of carbonyl (C=O) groups is 2. The minimum absolute atomic E-state index is 0.0460. The van der Waals surface area contributed by atoms with E-state index in [2.05, 4.69) is 22.5 Å². The molecule has 3 N–H and O–H groups in total. The van der Waals surface area contributed by atoms with E-state index in [0.717, 1.165) is 6.42 Å². The van der Waals surface area contributed by atoms with Gasteiger partial charge in [0, 0.05) is 11.7 Å². The highest BCUT2D eigenvalue weighted by molar-refractivity contribution is 5.94. The van der Waals surface area contributed by atoms with E-state index in [-0.39, 0.29) is 24.5 Å². The predicted molar refractivity (Wildman–Crippen MR) is 80.5 cm³/mol. The smallest absolute Gasteiger partial charge is 0.315 e. The van der Waals surface area contributed by atoms with Crippen LogP contribution in [-0.2, 0) is 4.79 Å². The zero-order valence-corrected chi connectivity index (χ0v) is 11.7. The van der Waals surface area contributed by atoms with Crippen LogP contribution in [0.5, 0.6) is 0 Å². The number of hydrogen-bond donors (Lipinski definition) is 3. The molecule has 0 radical (unpaired) electrons. The maximum atomic E-state index is 11.6. The molecule has 0 spiro atoms. The van der Waals surface area contributed by atoms with Crippen LogP contribution in [-0.4, -0.2) is 24.5 Å². The maximum Gasteiger partial charge on any atom is 0.315 e. The third-order valence-electron chi connectivity index (χ3n) is 2.75. The fourth-order valence-electron chi connectivity index (χ4n) is 1.65. The van der Waals surface area contributed by atoms with E-state index in [9.17, 15) is 9.59 Å². The monoisotopic (exact) mass is 275 g/mol. The van der Waals surface area contributed by atoms with E-state index < -0.39 is 0 Å². The Kier molecular flexibility index (Phi) is 6.89. The average Bonchev–Trinajstić information content (AvgIpc) is 2.45. The highest BCUT2D eigenvalue weighted by atomic mass is 16.2. The normalized spacial score (nSPS) is 11.2. The number of anilines is 1. The van der Waals surface area contributed by atoms with Crippen molar-refractivity contribution in [3.8, 4) is 0 Å². The van der Waals surface area contributed by atoms with Crippen LogP contribution in [0, 0.1) is 0 Å². The van der Waals surface area contributed by atoms with Crippen LogP contribution < -0.4 is 16.0 Å². The van der Waals surface area contributed by atoms with Gasteiger partial charge in [-0.1, -0.05) is 31.2 Å². The van der Waals surface area contributed by atoms with Crippen molar-refractivity contribution < 1.29 is 9.59 Å². The molecule has 0 fully saturated rings. The molecule has 0 bridgehead atoms. The molecule has 0 aliphatic heterocycles. The minimum atomic E-state index is -0.345. The van der Waals surface area contributed by atoms with Gasteiger partial charge in [-0.15, -0.1) is 6.58 Å². The van der Waals surface area contributed by atoms with Gasteiger partial charge in [-0.25, -0.2) is 4.79 Å². The average molecular weight is 275 g/mol. The van der Waals surface area contributed by atoms with Crippen molar-refractivity contribution in [3.05, 3.63) is 43.0 Å². The highest BCUT2D eigenvalue weighted by Gasteiger charge is 2.09. The summed E-state index contributed by atoms with van der Waals surface area (Å²) in [6, 6.07) is 8.80. The zero-order chi connectivity index (χ0) is 14.8. The SMILES string of the molecule is C=CC[C@@H](CC)NC(=O)NCC(=O)Nc1ccccc1. The topological polar surface area (TPSA) is 70.2 Å². The summed E-state index contributed by atoms with van der Waals surface area (Å²) < 4.78 is 0. The summed E-state index contributed by atoms with van der Waals surface area (Å²) in [5, 5.41) is 8.01. The molecule has 0 aromatic heterocycles. The van der Waals surface area contributed by atoms with Crippen LogP contribution in [0.2, 0.25) is 0 Å². The van der Waals surface area contributed by atoms with Crippen molar-refractivity contribution in [2.75, 3.05) is 11.9 Å². The Bertz CT molecular complexity index is 446. The van der Waals surface area contributed by atoms with Crippen LogP contribution in [0.4, 0.5) is 10.5 Å². The lowest BCUT2D eigenvalue weighted by atomic mass is 10.1. The molecule has 0 unspecified atom stereocenters. The maximum absolute atomic E-state index is 11.6. The number of benzene rings is 1. The molecular formula is C15H21N3O2. The molecule has 0 heterocycles. The number of amides is 3. The van der Waals surface area contributed by atoms with Crippen LogP contribution >= 0.6 is 0 Å². The van der Waals surface area contributed by atoms with Crippen molar-refractivity contribution in [3.63, 3.8) is 0 Å². The van der Waals surface area contributed by atoms with E-state index in [4.69, 9.17) is 0 Å². The molecular weight excluding hydrogens is 254 g/mol. The summed E-state index contributed by atoms with van der Waals surface area (Å²) in [7, 11) is 0. The molecule has 0 aliphatic rings. The lowest BCUT2D eigenvalue weighted by Crippen LogP contribution is -2.44. The Balaban J connectivity index is 2.30. The van der Waals surface area contributed by atoms with Gasteiger partial charge in [0.15, 0.2) is 0 Å². The van der Waals surface area contributed by atoms with Gasteiger partial charge in [0.25, 0.3) is 0 Å². The van der Waals surface area contributed by atoms with Crippen LogP contribution in [0.15, 0.2) is 43.0 Å². The molecule has 108 valence electrons. The second-order valence-corrected chi connectivity index (χ2v) is 4.37. The molecule has 5 nitrogen and oxygen atoms in total. The molecule has 0 saturated heterocycles. The molecule has 0 saturated carbocycles. The summed E-state index contributed by atoms with van der Waals surface area (Å²) >= 11 is 0. The zero-order valence-electron chi connectivity index (χ0n) is 11.7. The Morgan fingerprint density at radius 1 is 1.30 bits per heavy atom. The lowest BCUT2D eigenvalue weighted by molar-refractivity contribution is -0.115. The molecule has 0 aliphatic carbocycles. The standard InChI is InChI=1S/C15H21N3O2/c1-3-8-12(4-2)18-15(20)16-11-14(19)17-13-9-6-5-7-10-13/h3,5-7,9-10,12H,1,4,8,11H2,2H3,(H,17,19)(H2,16,18,20)/t12-/m1/s1. The van der Waals surface area contributed by atoms with E-state index in [0.29, 0.717) is 12.1 Å². The van der Waals surface area contributed by atoms with E-state index in [1.807, 2.05) is 25.1 Å². The lowest BCUT2D eigenvalue weighted by Gasteiger charge is -2.15. The first-order chi connectivity index (χ1) is 9.65. The molecule has 20 heavy (non-hydrogen) atoms. The first kappa shape index (κ1) is 15.8. The number of carbonyl (C=O) groups excluding carboxylic acids is 2. The summed E-state index contributed by atoms with van der Waals surface area (Å²) in [5.74, 6) is -0.261. The van der Waals surface area contributed by atoms with Crippen molar-refractivity contribution >= 4 is 17.6 Å². The van der Waals surface area contributed by atoms with Crippen LogP contribution in [0.3, 0.4) is 0 Å². The third kappa shape index (κ3) is 6.04. The molecule has 1 atom stereocenters. The van der Waals surface area contributed by atoms with Crippen LogP contribution in [0.1, 0.15) is 19.8 Å².